The molecule has 0 amide bonds. The molecule has 5 rings (SSSR count). The Kier molecular flexibility index (Phi) is 5.33. The van der Waals surface area contributed by atoms with Crippen LogP contribution < -0.4 is 0 Å². The number of rotatable bonds is 3. The van der Waals surface area contributed by atoms with Crippen LogP contribution in [0.15, 0.2) is 60.7 Å². The van der Waals surface area contributed by atoms with Crippen LogP contribution >= 0.6 is 23.4 Å². The lowest BCUT2D eigenvalue weighted by atomic mass is 9.97. The van der Waals surface area contributed by atoms with Crippen molar-refractivity contribution >= 4 is 40.1 Å². The van der Waals surface area contributed by atoms with E-state index >= 15 is 0 Å². The Morgan fingerprint density at radius 3 is 2.58 bits per heavy atom. The van der Waals surface area contributed by atoms with Crippen molar-refractivity contribution in [1.29, 1.82) is 0 Å². The summed E-state index contributed by atoms with van der Waals surface area (Å²) >= 11 is 7.52. The third-order valence-electron chi connectivity index (χ3n) is 5.51. The molecule has 0 radical (unpaired) electrons. The summed E-state index contributed by atoms with van der Waals surface area (Å²) in [6.45, 7) is 0. The molecule has 1 aliphatic rings. The largest absolute Gasteiger partial charge is 0.481 e. The van der Waals surface area contributed by atoms with Gasteiger partial charge in [0.2, 0.25) is 5.82 Å². The molecule has 0 saturated carbocycles. The van der Waals surface area contributed by atoms with E-state index in [4.69, 9.17) is 11.6 Å². The minimum atomic E-state index is -4.78. The van der Waals surface area contributed by atoms with Crippen molar-refractivity contribution in [2.45, 2.75) is 23.1 Å². The Labute approximate surface area is 195 Å². The van der Waals surface area contributed by atoms with Gasteiger partial charge in [-0.15, -0.1) is 22.0 Å². The number of alkyl halides is 3. The van der Waals surface area contributed by atoms with Gasteiger partial charge < -0.3 is 5.11 Å². The van der Waals surface area contributed by atoms with Crippen molar-refractivity contribution < 1.29 is 23.1 Å². The smallest absolute Gasteiger partial charge is 0.452 e. The van der Waals surface area contributed by atoms with Crippen LogP contribution in [0.4, 0.5) is 13.2 Å². The molecule has 3 aromatic carbocycles. The Bertz CT molecular complexity index is 1380. The SMILES string of the molecule is O=C(O)CC1SC(c2cccc3ccccc23)c2cc(Cl)ccc2-n2c1nnc2C(F)(F)F. The van der Waals surface area contributed by atoms with E-state index in [0.29, 0.717) is 10.6 Å². The Morgan fingerprint density at radius 1 is 1.06 bits per heavy atom. The molecule has 4 aromatic rings. The lowest BCUT2D eigenvalue weighted by Crippen LogP contribution is -2.16. The van der Waals surface area contributed by atoms with E-state index in [0.717, 1.165) is 20.9 Å². The second kappa shape index (κ2) is 8.07. The number of hydrogen-bond donors (Lipinski definition) is 1. The van der Waals surface area contributed by atoms with E-state index < -0.39 is 34.9 Å². The van der Waals surface area contributed by atoms with Gasteiger partial charge in [-0.05, 0) is 40.1 Å². The van der Waals surface area contributed by atoms with E-state index in [1.54, 1.807) is 6.07 Å². The van der Waals surface area contributed by atoms with Gasteiger partial charge in [-0.25, -0.2) is 0 Å². The molecule has 0 bridgehead atoms. The number of carboxylic acid groups (broad SMARTS) is 1. The molecule has 2 unspecified atom stereocenters. The van der Waals surface area contributed by atoms with Crippen molar-refractivity contribution in [2.75, 3.05) is 0 Å². The summed E-state index contributed by atoms with van der Waals surface area (Å²) in [6.07, 6.45) is -5.19. The second-order valence-corrected chi connectivity index (χ2v) is 9.34. The van der Waals surface area contributed by atoms with E-state index in [9.17, 15) is 23.1 Å². The first kappa shape index (κ1) is 21.8. The fourth-order valence-corrected chi connectivity index (χ4v) is 5.89. The lowest BCUT2D eigenvalue weighted by Gasteiger charge is -2.22. The number of aromatic nitrogens is 3. The molecule has 2 heterocycles. The van der Waals surface area contributed by atoms with Crippen LogP contribution in [0.2, 0.25) is 5.02 Å². The maximum absolute atomic E-state index is 13.9. The van der Waals surface area contributed by atoms with Gasteiger partial charge in [-0.2, -0.15) is 13.2 Å². The van der Waals surface area contributed by atoms with Gasteiger partial charge in [0.25, 0.3) is 0 Å². The van der Waals surface area contributed by atoms with Crippen LogP contribution in [0.3, 0.4) is 0 Å². The number of carboxylic acids is 1. The fourth-order valence-electron chi connectivity index (χ4n) is 4.18. The maximum Gasteiger partial charge on any atom is 0.452 e. The third-order valence-corrected chi connectivity index (χ3v) is 7.23. The maximum atomic E-state index is 13.9. The first-order valence-corrected chi connectivity index (χ1v) is 11.2. The van der Waals surface area contributed by atoms with Gasteiger partial charge in [-0.1, -0.05) is 54.1 Å². The molecule has 1 N–H and O–H groups in total. The number of nitrogens with zero attached hydrogens (tertiary/aromatic N) is 3. The van der Waals surface area contributed by atoms with Crippen molar-refractivity contribution in [1.82, 2.24) is 14.8 Å². The molecule has 1 aromatic heterocycles. The van der Waals surface area contributed by atoms with Gasteiger partial charge in [0.1, 0.15) is 0 Å². The zero-order chi connectivity index (χ0) is 23.3. The van der Waals surface area contributed by atoms with Gasteiger partial charge in [0, 0.05) is 5.02 Å². The lowest BCUT2D eigenvalue weighted by molar-refractivity contribution is -0.146. The van der Waals surface area contributed by atoms with Gasteiger partial charge in [0.05, 0.1) is 22.6 Å². The first-order valence-electron chi connectivity index (χ1n) is 9.91. The second-order valence-electron chi connectivity index (χ2n) is 7.59. The number of hydrogen-bond acceptors (Lipinski definition) is 4. The standard InChI is InChI=1S/C23H15ClF3N3O2S/c24-13-8-9-17-16(10-13)20(15-7-3-5-12-4-1-2-6-14(12)15)33-18(11-19(31)32)21-28-29-22(30(17)21)23(25,26)27/h1-10,18,20H,11H2,(H,31,32). The Balaban J connectivity index is 1.82. The highest BCUT2D eigenvalue weighted by molar-refractivity contribution is 8.00. The molecule has 2 atom stereocenters. The van der Waals surface area contributed by atoms with Crippen LogP contribution in [0, 0.1) is 0 Å². The van der Waals surface area contributed by atoms with E-state index in [-0.39, 0.29) is 11.5 Å². The number of aliphatic carboxylic acids is 1. The molecule has 33 heavy (non-hydrogen) atoms. The van der Waals surface area contributed by atoms with Crippen molar-refractivity contribution in [3.8, 4) is 5.69 Å². The summed E-state index contributed by atoms with van der Waals surface area (Å²) in [6, 6.07) is 18.0. The van der Waals surface area contributed by atoms with Crippen molar-refractivity contribution in [3.05, 3.63) is 88.5 Å². The highest BCUT2D eigenvalue weighted by Crippen LogP contribution is 2.52. The zero-order valence-electron chi connectivity index (χ0n) is 16.8. The average molecular weight is 490 g/mol. The van der Waals surface area contributed by atoms with Gasteiger partial charge in [0.15, 0.2) is 5.82 Å². The molecule has 1 aliphatic heterocycles. The zero-order valence-corrected chi connectivity index (χ0v) is 18.3. The predicted octanol–water partition coefficient (Wildman–Crippen LogP) is 6.44. The Morgan fingerprint density at radius 2 is 1.82 bits per heavy atom. The summed E-state index contributed by atoms with van der Waals surface area (Å²) in [5, 5.41) is 17.6. The highest BCUT2D eigenvalue weighted by Gasteiger charge is 2.43. The molecule has 5 nitrogen and oxygen atoms in total. The van der Waals surface area contributed by atoms with Crippen LogP contribution in [0.25, 0.3) is 16.5 Å². The van der Waals surface area contributed by atoms with Crippen LogP contribution in [-0.2, 0) is 11.0 Å². The van der Waals surface area contributed by atoms with Crippen LogP contribution in [0.1, 0.15) is 39.7 Å². The Hall–Kier alpha value is -3.04. The quantitative estimate of drug-likeness (QED) is 0.358. The normalized spacial score (nSPS) is 17.9. The third kappa shape index (κ3) is 3.85. The van der Waals surface area contributed by atoms with Crippen molar-refractivity contribution in [3.63, 3.8) is 0 Å². The van der Waals surface area contributed by atoms with Gasteiger partial charge >= 0.3 is 12.1 Å². The summed E-state index contributed by atoms with van der Waals surface area (Å²) in [5.74, 6) is -2.40. The summed E-state index contributed by atoms with van der Waals surface area (Å²) in [4.78, 5) is 11.7. The minimum absolute atomic E-state index is 0.0546. The van der Waals surface area contributed by atoms with Gasteiger partial charge in [-0.3, -0.25) is 9.36 Å². The molecule has 0 aliphatic carbocycles. The van der Waals surface area contributed by atoms with Crippen LogP contribution in [0.5, 0.6) is 0 Å². The predicted molar refractivity (Wildman–Crippen MR) is 120 cm³/mol. The summed E-state index contributed by atoms with van der Waals surface area (Å²) < 4.78 is 42.5. The van der Waals surface area contributed by atoms with E-state index in [1.807, 2.05) is 42.5 Å². The minimum Gasteiger partial charge on any atom is -0.481 e. The number of thioether (sulfide) groups is 1. The molecule has 0 fully saturated rings. The van der Waals surface area contributed by atoms with E-state index in [1.165, 1.54) is 23.9 Å². The number of halogens is 4. The molecule has 10 heteroatoms. The molecule has 0 spiro atoms. The monoisotopic (exact) mass is 489 g/mol. The number of benzene rings is 3. The fraction of sp³-hybridized carbons (Fsp3) is 0.174. The summed E-state index contributed by atoms with van der Waals surface area (Å²) in [7, 11) is 0. The summed E-state index contributed by atoms with van der Waals surface area (Å²) in [5.41, 5.74) is 1.61. The molecule has 0 saturated heterocycles. The van der Waals surface area contributed by atoms with Crippen molar-refractivity contribution in [2.24, 2.45) is 0 Å². The number of fused-ring (bicyclic) bond motifs is 4. The topological polar surface area (TPSA) is 68.0 Å². The number of carbonyl (C=O) groups is 1. The van der Waals surface area contributed by atoms with E-state index in [2.05, 4.69) is 10.2 Å². The highest BCUT2D eigenvalue weighted by atomic mass is 35.5. The molecular formula is C23H15ClF3N3O2S. The first-order chi connectivity index (χ1) is 15.7. The molecule has 168 valence electrons. The molecular weight excluding hydrogens is 475 g/mol. The van der Waals surface area contributed by atoms with Crippen LogP contribution in [-0.4, -0.2) is 25.8 Å². The average Bonchev–Trinajstić information content (AvgIpc) is 3.17.